The van der Waals surface area contributed by atoms with Gasteiger partial charge in [-0.3, -0.25) is 0 Å². The smallest absolute Gasteiger partial charge is 0.339 e. The molecule has 0 amide bonds. The van der Waals surface area contributed by atoms with Crippen molar-refractivity contribution in [1.82, 2.24) is 0 Å². The highest BCUT2D eigenvalue weighted by Gasteiger charge is 2.57. The molecule has 0 rings (SSSR count). The average molecular weight is 202 g/mol. The van der Waals surface area contributed by atoms with Crippen LogP contribution in [0.25, 0.3) is 0 Å². The molecule has 0 bridgehead atoms. The van der Waals surface area contributed by atoms with Gasteiger partial charge in [-0.05, 0) is 6.42 Å². The Morgan fingerprint density at radius 2 is 1.69 bits per heavy atom. The molecule has 0 heterocycles. The molecule has 0 aromatic heterocycles. The molecule has 0 aromatic carbocycles. The van der Waals surface area contributed by atoms with Crippen molar-refractivity contribution in [1.29, 1.82) is 0 Å². The molecule has 0 aliphatic heterocycles. The third kappa shape index (κ3) is 3.13. The molecule has 0 spiro atoms. The molecule has 80 valence electrons. The molecule has 0 aromatic rings. The van der Waals surface area contributed by atoms with Gasteiger partial charge in [0.15, 0.2) is 6.17 Å². The number of aliphatic hydroxyl groups is 3. The Labute approximate surface area is 73.8 Å². The standard InChI is InChI=1S/C7H13F3O3/c1-2-3-4-5(8)6(9,10)7(11,12)13/h5,11-13H,2-4H2,1H3. The highest BCUT2D eigenvalue weighted by Crippen LogP contribution is 2.32. The highest BCUT2D eigenvalue weighted by atomic mass is 19.3. The van der Waals surface area contributed by atoms with E-state index in [1.165, 1.54) is 0 Å². The Hall–Kier alpha value is -0.330. The fourth-order valence-corrected chi connectivity index (χ4v) is 0.775. The van der Waals surface area contributed by atoms with Gasteiger partial charge < -0.3 is 15.3 Å². The fraction of sp³-hybridized carbons (Fsp3) is 1.00. The van der Waals surface area contributed by atoms with Crippen LogP contribution in [0, 0.1) is 0 Å². The first kappa shape index (κ1) is 12.7. The largest absolute Gasteiger partial charge is 0.357 e. The minimum atomic E-state index is -4.55. The minimum Gasteiger partial charge on any atom is -0.339 e. The van der Waals surface area contributed by atoms with Crippen LogP contribution in [0.5, 0.6) is 0 Å². The van der Waals surface area contributed by atoms with Gasteiger partial charge in [-0.2, -0.15) is 8.78 Å². The van der Waals surface area contributed by atoms with Crippen molar-refractivity contribution in [2.45, 2.75) is 44.3 Å². The van der Waals surface area contributed by atoms with E-state index in [0.717, 1.165) is 0 Å². The van der Waals surface area contributed by atoms with Crippen molar-refractivity contribution >= 4 is 0 Å². The molecule has 0 aliphatic rings. The summed E-state index contributed by atoms with van der Waals surface area (Å²) in [6.45, 7) is 1.68. The van der Waals surface area contributed by atoms with Gasteiger partial charge in [0.2, 0.25) is 0 Å². The second-order valence-electron chi connectivity index (χ2n) is 2.87. The van der Waals surface area contributed by atoms with Crippen molar-refractivity contribution in [3.63, 3.8) is 0 Å². The summed E-state index contributed by atoms with van der Waals surface area (Å²) in [5.41, 5.74) is 0. The summed E-state index contributed by atoms with van der Waals surface area (Å²) >= 11 is 0. The van der Waals surface area contributed by atoms with Gasteiger partial charge in [0.05, 0.1) is 0 Å². The third-order valence-electron chi connectivity index (χ3n) is 1.65. The van der Waals surface area contributed by atoms with E-state index in [9.17, 15) is 13.2 Å². The van der Waals surface area contributed by atoms with Crippen molar-refractivity contribution in [2.24, 2.45) is 0 Å². The molecule has 13 heavy (non-hydrogen) atoms. The predicted molar refractivity (Wildman–Crippen MR) is 38.8 cm³/mol. The summed E-state index contributed by atoms with van der Waals surface area (Å²) in [6, 6.07) is 0. The lowest BCUT2D eigenvalue weighted by Crippen LogP contribution is -2.53. The van der Waals surface area contributed by atoms with E-state index < -0.39 is 24.5 Å². The quantitative estimate of drug-likeness (QED) is 0.577. The van der Waals surface area contributed by atoms with Crippen molar-refractivity contribution < 1.29 is 28.5 Å². The number of halogens is 3. The maximum absolute atomic E-state index is 12.6. The topological polar surface area (TPSA) is 60.7 Å². The van der Waals surface area contributed by atoms with Crippen molar-refractivity contribution in [3.05, 3.63) is 0 Å². The third-order valence-corrected chi connectivity index (χ3v) is 1.65. The zero-order chi connectivity index (χ0) is 10.7. The van der Waals surface area contributed by atoms with Crippen LogP contribution >= 0.6 is 0 Å². The van der Waals surface area contributed by atoms with E-state index in [0.29, 0.717) is 6.42 Å². The highest BCUT2D eigenvalue weighted by molar-refractivity contribution is 4.82. The first-order valence-electron chi connectivity index (χ1n) is 3.92. The van der Waals surface area contributed by atoms with Crippen molar-refractivity contribution in [2.75, 3.05) is 0 Å². The SMILES string of the molecule is CCCCC(F)C(F)(F)C(O)(O)O. The summed E-state index contributed by atoms with van der Waals surface area (Å²) in [5, 5.41) is 24.4. The van der Waals surface area contributed by atoms with Gasteiger partial charge in [-0.15, -0.1) is 0 Å². The normalized spacial score (nSPS) is 15.9. The lowest BCUT2D eigenvalue weighted by Gasteiger charge is -2.27. The Kier molecular flexibility index (Phi) is 4.15. The van der Waals surface area contributed by atoms with Crippen LogP contribution in [0.4, 0.5) is 13.2 Å². The van der Waals surface area contributed by atoms with Crippen LogP contribution in [0.2, 0.25) is 0 Å². The number of hydrogen-bond donors (Lipinski definition) is 3. The molecule has 0 aliphatic carbocycles. The maximum Gasteiger partial charge on any atom is 0.357 e. The first-order chi connectivity index (χ1) is 5.73. The summed E-state index contributed by atoms with van der Waals surface area (Å²) in [7, 11) is 0. The molecule has 0 saturated heterocycles. The van der Waals surface area contributed by atoms with Crippen LogP contribution in [-0.4, -0.2) is 33.4 Å². The maximum atomic E-state index is 12.6. The summed E-state index contributed by atoms with van der Waals surface area (Å²) in [5.74, 6) is -8.84. The Bertz CT molecular complexity index is 156. The second-order valence-corrected chi connectivity index (χ2v) is 2.87. The van der Waals surface area contributed by atoms with Gasteiger partial charge in [-0.25, -0.2) is 4.39 Å². The van der Waals surface area contributed by atoms with Gasteiger partial charge in [-0.1, -0.05) is 19.8 Å². The van der Waals surface area contributed by atoms with Gasteiger partial charge >= 0.3 is 11.9 Å². The van der Waals surface area contributed by atoms with Crippen LogP contribution in [0.15, 0.2) is 0 Å². The predicted octanol–water partition coefficient (Wildman–Crippen LogP) is 0.781. The minimum absolute atomic E-state index is 0.187. The molecule has 3 N–H and O–H groups in total. The van der Waals surface area contributed by atoms with Crippen LogP contribution in [0.1, 0.15) is 26.2 Å². The zero-order valence-electron chi connectivity index (χ0n) is 7.17. The molecular weight excluding hydrogens is 189 g/mol. The van der Waals surface area contributed by atoms with Crippen molar-refractivity contribution in [3.8, 4) is 0 Å². The van der Waals surface area contributed by atoms with Crippen LogP contribution < -0.4 is 0 Å². The van der Waals surface area contributed by atoms with E-state index in [-0.39, 0.29) is 6.42 Å². The molecule has 1 atom stereocenters. The van der Waals surface area contributed by atoms with Gasteiger partial charge in [0.25, 0.3) is 0 Å². The van der Waals surface area contributed by atoms with E-state index in [1.807, 2.05) is 0 Å². The van der Waals surface area contributed by atoms with Crippen LogP contribution in [0.3, 0.4) is 0 Å². The monoisotopic (exact) mass is 202 g/mol. The first-order valence-corrected chi connectivity index (χ1v) is 3.92. The Morgan fingerprint density at radius 3 is 2.00 bits per heavy atom. The second kappa shape index (κ2) is 4.26. The lowest BCUT2D eigenvalue weighted by molar-refractivity contribution is -0.417. The molecule has 0 radical (unpaired) electrons. The number of unbranched alkanes of at least 4 members (excludes halogenated alkanes) is 1. The molecule has 0 fully saturated rings. The summed E-state index contributed by atoms with van der Waals surface area (Å²) in [6.07, 6.45) is -2.58. The van der Waals surface area contributed by atoms with E-state index in [4.69, 9.17) is 15.3 Å². The van der Waals surface area contributed by atoms with E-state index >= 15 is 0 Å². The summed E-state index contributed by atoms with van der Waals surface area (Å²) < 4.78 is 37.7. The fourth-order valence-electron chi connectivity index (χ4n) is 0.775. The van der Waals surface area contributed by atoms with Gasteiger partial charge in [0.1, 0.15) is 0 Å². The molecule has 3 nitrogen and oxygen atoms in total. The molecular formula is C7H13F3O3. The zero-order valence-corrected chi connectivity index (χ0v) is 7.17. The number of hydrogen-bond acceptors (Lipinski definition) is 3. The average Bonchev–Trinajstić information content (AvgIpc) is 1.97. The molecule has 6 heteroatoms. The Morgan fingerprint density at radius 1 is 1.23 bits per heavy atom. The number of alkyl halides is 3. The molecule has 1 unspecified atom stereocenters. The van der Waals surface area contributed by atoms with Crippen LogP contribution in [-0.2, 0) is 0 Å². The molecule has 0 saturated carbocycles. The summed E-state index contributed by atoms with van der Waals surface area (Å²) in [4.78, 5) is 0. The van der Waals surface area contributed by atoms with E-state index in [2.05, 4.69) is 0 Å². The Balaban J connectivity index is 4.27. The van der Waals surface area contributed by atoms with Gasteiger partial charge in [0, 0.05) is 0 Å². The lowest BCUT2D eigenvalue weighted by atomic mass is 10.1. The van der Waals surface area contributed by atoms with E-state index in [1.54, 1.807) is 6.92 Å². The number of rotatable bonds is 5.